The van der Waals surface area contributed by atoms with Crippen LogP contribution in [-0.4, -0.2) is 34.9 Å². The van der Waals surface area contributed by atoms with Gasteiger partial charge >= 0.3 is 0 Å². The maximum absolute atomic E-state index is 12.4. The number of hydrogen-bond acceptors (Lipinski definition) is 8. The number of amides is 2. The maximum atomic E-state index is 12.4. The fraction of sp³-hybridized carbons (Fsp3) is 0.111. The first-order chi connectivity index (χ1) is 13.5. The van der Waals surface area contributed by atoms with Crippen molar-refractivity contribution in [2.75, 3.05) is 29.2 Å². The molecule has 10 heteroatoms. The molecule has 0 saturated carbocycles. The highest BCUT2D eigenvalue weighted by Gasteiger charge is 2.11. The van der Waals surface area contributed by atoms with Crippen LogP contribution < -0.4 is 21.1 Å². The monoisotopic (exact) mass is 415 g/mol. The van der Waals surface area contributed by atoms with Crippen LogP contribution in [0.15, 0.2) is 52.9 Å². The predicted molar refractivity (Wildman–Crippen MR) is 111 cm³/mol. The van der Waals surface area contributed by atoms with Gasteiger partial charge in [0.1, 0.15) is 5.75 Å². The molecule has 3 rings (SSSR count). The van der Waals surface area contributed by atoms with Crippen molar-refractivity contribution in [2.45, 2.75) is 4.34 Å². The third-order valence-corrected chi connectivity index (χ3v) is 5.42. The number of methoxy groups -OCH3 is 1. The van der Waals surface area contributed by atoms with Crippen molar-refractivity contribution < 1.29 is 14.3 Å². The Hall–Kier alpha value is -3.11. The number of hydrogen-bond donors (Lipinski definition) is 3. The third kappa shape index (κ3) is 5.21. The Labute approximate surface area is 169 Å². The second-order valence-electron chi connectivity index (χ2n) is 5.47. The van der Waals surface area contributed by atoms with E-state index in [1.807, 2.05) is 12.1 Å². The molecule has 0 saturated heterocycles. The lowest BCUT2D eigenvalue weighted by Gasteiger charge is -2.10. The van der Waals surface area contributed by atoms with Crippen LogP contribution >= 0.6 is 23.1 Å². The summed E-state index contributed by atoms with van der Waals surface area (Å²) in [7, 11) is 1.54. The molecule has 0 radical (unpaired) electrons. The fourth-order valence-electron chi connectivity index (χ4n) is 2.25. The fourth-order valence-corrected chi connectivity index (χ4v) is 3.69. The number of carbonyl (C=O) groups excluding carboxylic acids is 2. The first-order valence-electron chi connectivity index (χ1n) is 8.11. The Morgan fingerprint density at radius 3 is 2.54 bits per heavy atom. The second-order valence-corrected chi connectivity index (χ2v) is 7.71. The Bertz CT molecular complexity index is 975. The van der Waals surface area contributed by atoms with E-state index >= 15 is 0 Å². The number of nitrogen functional groups attached to an aromatic ring is 1. The first-order valence-corrected chi connectivity index (χ1v) is 9.91. The molecule has 28 heavy (non-hydrogen) atoms. The lowest BCUT2D eigenvalue weighted by atomic mass is 10.2. The SMILES string of the molecule is COc1ccccc1NC(=O)c1ccc(NC(=O)CSc2nnc(N)s2)cc1. The van der Waals surface area contributed by atoms with Crippen molar-refractivity contribution in [2.24, 2.45) is 0 Å². The molecule has 2 amide bonds. The zero-order chi connectivity index (χ0) is 19.9. The van der Waals surface area contributed by atoms with Crippen molar-refractivity contribution in [1.29, 1.82) is 0 Å². The zero-order valence-corrected chi connectivity index (χ0v) is 16.5. The van der Waals surface area contributed by atoms with Gasteiger partial charge in [-0.3, -0.25) is 9.59 Å². The van der Waals surface area contributed by atoms with E-state index in [1.54, 1.807) is 43.5 Å². The van der Waals surface area contributed by atoms with E-state index in [0.29, 0.717) is 32.2 Å². The van der Waals surface area contributed by atoms with Gasteiger partial charge in [-0.05, 0) is 36.4 Å². The van der Waals surface area contributed by atoms with Crippen LogP contribution in [-0.2, 0) is 4.79 Å². The van der Waals surface area contributed by atoms with Gasteiger partial charge in [-0.1, -0.05) is 35.2 Å². The highest BCUT2D eigenvalue weighted by molar-refractivity contribution is 8.01. The molecule has 2 aromatic carbocycles. The minimum Gasteiger partial charge on any atom is -0.495 e. The van der Waals surface area contributed by atoms with Crippen LogP contribution in [0.5, 0.6) is 5.75 Å². The van der Waals surface area contributed by atoms with E-state index in [4.69, 9.17) is 10.5 Å². The molecule has 3 aromatic rings. The highest BCUT2D eigenvalue weighted by atomic mass is 32.2. The molecular weight excluding hydrogens is 398 g/mol. The number of ether oxygens (including phenoxy) is 1. The van der Waals surface area contributed by atoms with Gasteiger partial charge in [-0.25, -0.2) is 0 Å². The van der Waals surface area contributed by atoms with Crippen LogP contribution in [0.2, 0.25) is 0 Å². The minimum absolute atomic E-state index is 0.185. The van der Waals surface area contributed by atoms with Crippen LogP contribution in [0, 0.1) is 0 Å². The summed E-state index contributed by atoms with van der Waals surface area (Å²) in [6, 6.07) is 13.8. The van der Waals surface area contributed by atoms with E-state index in [-0.39, 0.29) is 17.6 Å². The molecule has 0 fully saturated rings. The Kier molecular flexibility index (Phi) is 6.45. The van der Waals surface area contributed by atoms with Gasteiger partial charge in [0.2, 0.25) is 11.0 Å². The van der Waals surface area contributed by atoms with E-state index in [9.17, 15) is 9.59 Å². The molecule has 0 unspecified atom stereocenters. The number of nitrogens with two attached hydrogens (primary N) is 1. The smallest absolute Gasteiger partial charge is 0.255 e. The summed E-state index contributed by atoms with van der Waals surface area (Å²) in [5.74, 6) is 0.302. The van der Waals surface area contributed by atoms with Gasteiger partial charge in [0.15, 0.2) is 4.34 Å². The van der Waals surface area contributed by atoms with Crippen LogP contribution in [0.3, 0.4) is 0 Å². The van der Waals surface area contributed by atoms with Gasteiger partial charge in [-0.2, -0.15) is 0 Å². The molecule has 0 atom stereocenters. The van der Waals surface area contributed by atoms with Crippen LogP contribution in [0.4, 0.5) is 16.5 Å². The minimum atomic E-state index is -0.271. The van der Waals surface area contributed by atoms with Gasteiger partial charge in [0.05, 0.1) is 18.6 Å². The number of benzene rings is 2. The van der Waals surface area contributed by atoms with Crippen LogP contribution in [0.1, 0.15) is 10.4 Å². The summed E-state index contributed by atoms with van der Waals surface area (Å²) in [6.07, 6.45) is 0. The molecule has 4 N–H and O–H groups in total. The molecule has 0 aliphatic rings. The van der Waals surface area contributed by atoms with Crippen molar-refractivity contribution in [3.05, 3.63) is 54.1 Å². The molecule has 1 heterocycles. The molecule has 0 bridgehead atoms. The summed E-state index contributed by atoms with van der Waals surface area (Å²) in [4.78, 5) is 24.4. The molecule has 0 spiro atoms. The van der Waals surface area contributed by atoms with E-state index in [2.05, 4.69) is 20.8 Å². The predicted octanol–water partition coefficient (Wildman–Crippen LogP) is 3.11. The number of carbonyl (C=O) groups is 2. The van der Waals surface area contributed by atoms with Crippen molar-refractivity contribution in [3.63, 3.8) is 0 Å². The second kappa shape index (κ2) is 9.20. The number of nitrogens with one attached hydrogen (secondary N) is 2. The summed E-state index contributed by atoms with van der Waals surface area (Å²) in [5, 5.41) is 13.5. The van der Waals surface area contributed by atoms with Gasteiger partial charge in [-0.15, -0.1) is 10.2 Å². The summed E-state index contributed by atoms with van der Waals surface area (Å²) in [6.45, 7) is 0. The largest absolute Gasteiger partial charge is 0.495 e. The number of rotatable bonds is 7. The Balaban J connectivity index is 1.55. The first kappa shape index (κ1) is 19.6. The summed E-state index contributed by atoms with van der Waals surface area (Å²) >= 11 is 2.49. The quantitative estimate of drug-likeness (QED) is 0.507. The Morgan fingerprint density at radius 2 is 1.86 bits per heavy atom. The molecular formula is C18H17N5O3S2. The number of anilines is 3. The van der Waals surface area contributed by atoms with Crippen molar-refractivity contribution in [1.82, 2.24) is 10.2 Å². The normalized spacial score (nSPS) is 10.3. The Morgan fingerprint density at radius 1 is 1.11 bits per heavy atom. The van der Waals surface area contributed by atoms with Crippen molar-refractivity contribution in [3.8, 4) is 5.75 Å². The topological polar surface area (TPSA) is 119 Å². The average molecular weight is 416 g/mol. The van der Waals surface area contributed by atoms with Gasteiger partial charge < -0.3 is 21.1 Å². The van der Waals surface area contributed by atoms with E-state index < -0.39 is 0 Å². The third-order valence-electron chi connectivity index (χ3n) is 3.53. The van der Waals surface area contributed by atoms with Gasteiger partial charge in [0, 0.05) is 11.3 Å². The lowest BCUT2D eigenvalue weighted by molar-refractivity contribution is -0.113. The number of para-hydroxylation sites is 2. The zero-order valence-electron chi connectivity index (χ0n) is 14.8. The van der Waals surface area contributed by atoms with E-state index in [0.717, 1.165) is 0 Å². The highest BCUT2D eigenvalue weighted by Crippen LogP contribution is 2.25. The van der Waals surface area contributed by atoms with Crippen LogP contribution in [0.25, 0.3) is 0 Å². The maximum Gasteiger partial charge on any atom is 0.255 e. The molecule has 8 nitrogen and oxygen atoms in total. The lowest BCUT2D eigenvalue weighted by Crippen LogP contribution is -2.15. The number of aromatic nitrogens is 2. The van der Waals surface area contributed by atoms with E-state index in [1.165, 1.54) is 23.1 Å². The van der Waals surface area contributed by atoms with Gasteiger partial charge in [0.25, 0.3) is 5.91 Å². The molecule has 0 aliphatic carbocycles. The molecule has 1 aromatic heterocycles. The molecule has 144 valence electrons. The molecule has 0 aliphatic heterocycles. The number of thioether (sulfide) groups is 1. The standard InChI is InChI=1S/C18H17N5O3S2/c1-26-14-5-3-2-4-13(14)21-16(25)11-6-8-12(9-7-11)20-15(24)10-27-18-23-22-17(19)28-18/h2-9H,10H2,1H3,(H2,19,22)(H,20,24)(H,21,25). The number of nitrogens with zero attached hydrogens (tertiary/aromatic N) is 2. The average Bonchev–Trinajstić information content (AvgIpc) is 3.12. The summed E-state index contributed by atoms with van der Waals surface area (Å²) < 4.78 is 5.86. The van der Waals surface area contributed by atoms with Crippen molar-refractivity contribution >= 4 is 51.4 Å². The summed E-state index contributed by atoms with van der Waals surface area (Å²) in [5.41, 5.74) is 7.14.